The Morgan fingerprint density at radius 1 is 0.471 bits per heavy atom. The minimum Gasteiger partial charge on any atom is -0.759 e. The van der Waals surface area contributed by atoms with Crippen molar-refractivity contribution in [3.8, 4) is 0 Å². The SMILES string of the molecule is O=S(=O)([O-])[O-].O=S(=O)([O-])[O-].O=S(=O)([O-])[O-].[Pb+2].[Zr+4]. The van der Waals surface area contributed by atoms with Crippen molar-refractivity contribution in [2.45, 2.75) is 0 Å². The van der Waals surface area contributed by atoms with Gasteiger partial charge in [0.1, 0.15) is 0 Å². The Bertz CT molecular complexity index is 343. The molecule has 12 nitrogen and oxygen atoms in total. The predicted molar refractivity (Wildman–Crippen MR) is 37.2 cm³/mol. The Hall–Kier alpha value is 1.42. The quantitative estimate of drug-likeness (QED) is 0.148. The molecule has 0 saturated heterocycles. The monoisotopic (exact) mass is 586 g/mol. The van der Waals surface area contributed by atoms with Crippen LogP contribution in [0.25, 0.3) is 0 Å². The van der Waals surface area contributed by atoms with E-state index >= 15 is 0 Å². The van der Waals surface area contributed by atoms with Gasteiger partial charge in [-0.1, -0.05) is 0 Å². The zero-order chi connectivity index (χ0) is 13.5. The first kappa shape index (κ1) is 31.0. The molecule has 0 aromatic carbocycles. The van der Waals surface area contributed by atoms with Crippen LogP contribution in [-0.2, 0) is 57.4 Å². The molecule has 0 atom stereocenters. The van der Waals surface area contributed by atoms with Crippen LogP contribution in [0.15, 0.2) is 0 Å². The van der Waals surface area contributed by atoms with E-state index in [1.807, 2.05) is 0 Å². The van der Waals surface area contributed by atoms with Crippen molar-refractivity contribution in [1.29, 1.82) is 0 Å². The van der Waals surface area contributed by atoms with Crippen molar-refractivity contribution in [3.05, 3.63) is 0 Å². The third kappa shape index (κ3) is 2070. The number of hydrogen-bond acceptors (Lipinski definition) is 12. The average Bonchev–Trinajstić information content (AvgIpc) is 1.41. The summed E-state index contributed by atoms with van der Waals surface area (Å²) in [6.45, 7) is 0. The molecule has 0 saturated carbocycles. The largest absolute Gasteiger partial charge is 4.00 e. The maximum Gasteiger partial charge on any atom is 4.00 e. The fourth-order valence-electron chi connectivity index (χ4n) is 0. The van der Waals surface area contributed by atoms with E-state index in [-0.39, 0.29) is 53.5 Å². The first-order valence-corrected chi connectivity index (χ1v) is 6.00. The van der Waals surface area contributed by atoms with E-state index in [2.05, 4.69) is 0 Å². The van der Waals surface area contributed by atoms with Crippen LogP contribution in [0.3, 0.4) is 0 Å². The summed E-state index contributed by atoms with van der Waals surface area (Å²) >= 11 is 0. The van der Waals surface area contributed by atoms with Crippen molar-refractivity contribution in [2.24, 2.45) is 0 Å². The van der Waals surface area contributed by atoms with Crippen molar-refractivity contribution < 1.29 is 78.8 Å². The summed E-state index contributed by atoms with van der Waals surface area (Å²) in [6.07, 6.45) is 0. The second-order valence-electron chi connectivity index (χ2n) is 1.22. The molecule has 0 aliphatic heterocycles. The van der Waals surface area contributed by atoms with Crippen molar-refractivity contribution in [2.75, 3.05) is 0 Å². The van der Waals surface area contributed by atoms with Gasteiger partial charge < -0.3 is 27.3 Å². The Balaban J connectivity index is -0.0000000400. The Labute approximate surface area is 136 Å². The van der Waals surface area contributed by atoms with Gasteiger partial charge in [0.15, 0.2) is 0 Å². The van der Waals surface area contributed by atoms with Gasteiger partial charge in [0, 0.05) is 31.2 Å². The van der Waals surface area contributed by atoms with E-state index in [4.69, 9.17) is 52.6 Å². The molecule has 0 bridgehead atoms. The molecule has 0 amide bonds. The van der Waals surface area contributed by atoms with Crippen LogP contribution in [0, 0.1) is 0 Å². The standard InChI is InChI=1S/3H2O4S.Pb.Zr/c3*1-5(2,3)4;;/h3*(H2,1,2,3,4);;/q;;;+2;+4/p-6. The van der Waals surface area contributed by atoms with Crippen LogP contribution >= 0.6 is 0 Å². The van der Waals surface area contributed by atoms with Gasteiger partial charge in [0.05, 0.1) is 0 Å². The Kier molecular flexibility index (Phi) is 22.7. The molecule has 0 fully saturated rings. The molecule has 0 rings (SSSR count). The van der Waals surface area contributed by atoms with E-state index in [1.54, 1.807) is 0 Å². The van der Waals surface area contributed by atoms with Crippen LogP contribution < -0.4 is 0 Å². The third-order valence-electron chi connectivity index (χ3n) is 0. The van der Waals surface area contributed by atoms with Crippen LogP contribution in [0.1, 0.15) is 0 Å². The molecule has 17 heavy (non-hydrogen) atoms. The summed E-state index contributed by atoms with van der Waals surface area (Å²) in [5.41, 5.74) is 0. The first-order valence-electron chi connectivity index (χ1n) is 2.00. The molecule has 0 aromatic heterocycles. The molecule has 17 heteroatoms. The topological polar surface area (TPSA) is 241 Å². The maximum atomic E-state index is 8.52. The summed E-state index contributed by atoms with van der Waals surface area (Å²) < 4.78 is 102. The predicted octanol–water partition coefficient (Wildman–Crippen LogP) is -4.40. The van der Waals surface area contributed by atoms with Crippen LogP contribution in [0.2, 0.25) is 0 Å². The second kappa shape index (κ2) is 12.4. The van der Waals surface area contributed by atoms with Gasteiger partial charge in [0.25, 0.3) is 0 Å². The van der Waals surface area contributed by atoms with Crippen LogP contribution in [0.5, 0.6) is 0 Å². The number of rotatable bonds is 0. The van der Waals surface area contributed by atoms with E-state index in [0.717, 1.165) is 0 Å². The summed E-state index contributed by atoms with van der Waals surface area (Å²) in [5.74, 6) is 0. The van der Waals surface area contributed by atoms with Gasteiger partial charge >= 0.3 is 53.5 Å². The molecule has 0 aromatic rings. The van der Waals surface area contributed by atoms with Gasteiger partial charge in [-0.3, -0.25) is 25.3 Å². The second-order valence-corrected chi connectivity index (χ2v) is 3.67. The molecule has 0 spiro atoms. The van der Waals surface area contributed by atoms with E-state index < -0.39 is 31.2 Å². The summed E-state index contributed by atoms with van der Waals surface area (Å²) in [6, 6.07) is 0. The van der Waals surface area contributed by atoms with E-state index in [1.165, 1.54) is 0 Å². The zero-order valence-corrected chi connectivity index (χ0v) is 15.9. The molecule has 0 aliphatic rings. The van der Waals surface area contributed by atoms with E-state index in [9.17, 15) is 0 Å². The van der Waals surface area contributed by atoms with Crippen molar-refractivity contribution in [3.63, 3.8) is 0 Å². The third-order valence-corrected chi connectivity index (χ3v) is 0. The molecule has 0 aliphatic carbocycles. The van der Waals surface area contributed by atoms with Crippen molar-refractivity contribution >= 4 is 58.5 Å². The van der Waals surface area contributed by atoms with E-state index in [0.29, 0.717) is 0 Å². The molecular formula is O12PbS3Zr. The Morgan fingerprint density at radius 3 is 0.471 bits per heavy atom. The fraction of sp³-hybridized carbons (Fsp3) is 0. The fourth-order valence-corrected chi connectivity index (χ4v) is 0. The van der Waals surface area contributed by atoms with Gasteiger partial charge in [-0.15, -0.1) is 0 Å². The molecular weight excluding hydrogens is 587 g/mol. The number of hydrogen-bond donors (Lipinski definition) is 0. The summed E-state index contributed by atoms with van der Waals surface area (Å²) in [4.78, 5) is 0. The van der Waals surface area contributed by atoms with Gasteiger partial charge in [-0.05, 0) is 0 Å². The molecule has 0 heterocycles. The smallest absolute Gasteiger partial charge is 0.759 e. The minimum atomic E-state index is -5.17. The van der Waals surface area contributed by atoms with Gasteiger partial charge in [-0.2, -0.15) is 0 Å². The van der Waals surface area contributed by atoms with Gasteiger partial charge in [-0.25, -0.2) is 0 Å². The first-order chi connectivity index (χ1) is 6.00. The van der Waals surface area contributed by atoms with Gasteiger partial charge in [0.2, 0.25) is 0 Å². The Morgan fingerprint density at radius 2 is 0.471 bits per heavy atom. The molecule has 0 N–H and O–H groups in total. The molecule has 2 radical (unpaired) electrons. The summed E-state index contributed by atoms with van der Waals surface area (Å²) in [7, 11) is -15.5. The molecule has 98 valence electrons. The maximum absolute atomic E-state index is 8.52. The van der Waals surface area contributed by atoms with Crippen LogP contribution in [-0.4, -0.2) is 79.9 Å². The summed E-state index contributed by atoms with van der Waals surface area (Å²) in [5, 5.41) is 0. The normalized spacial score (nSPS) is 10.2. The minimum absolute atomic E-state index is 0. The average molecular weight is 587 g/mol. The zero-order valence-electron chi connectivity index (χ0n) is 7.12. The molecule has 0 unspecified atom stereocenters. The van der Waals surface area contributed by atoms with Crippen LogP contribution in [0.4, 0.5) is 0 Å². The van der Waals surface area contributed by atoms with Crippen molar-refractivity contribution in [1.82, 2.24) is 0 Å².